The van der Waals surface area contributed by atoms with E-state index in [0.717, 1.165) is 0 Å². The van der Waals surface area contributed by atoms with E-state index in [0.29, 0.717) is 6.07 Å². The third kappa shape index (κ3) is 2.38. The van der Waals surface area contributed by atoms with E-state index < -0.39 is 35.8 Å². The average Bonchev–Trinajstić information content (AvgIpc) is 2.26. The largest absolute Gasteiger partial charge is 0.504 e. The lowest BCUT2D eigenvalue weighted by molar-refractivity contribution is 0.446. The van der Waals surface area contributed by atoms with Crippen molar-refractivity contribution in [3.63, 3.8) is 0 Å². The van der Waals surface area contributed by atoms with E-state index in [9.17, 15) is 21.9 Å². The van der Waals surface area contributed by atoms with Gasteiger partial charge in [0.05, 0.1) is 0 Å². The Kier molecular flexibility index (Phi) is 2.97. The Hall–Kier alpha value is -1.75. The van der Waals surface area contributed by atoms with Crippen LogP contribution in [-0.2, 0) is 20.2 Å². The summed E-state index contributed by atoms with van der Waals surface area (Å²) < 4.78 is 62.5. The molecule has 0 spiro atoms. The SMILES string of the molecule is O=S(=O)(O)c1cc(S(=O)(=O)O)c2cccnc2c1O. The van der Waals surface area contributed by atoms with Crippen LogP contribution in [0.1, 0.15) is 0 Å². The molecule has 3 N–H and O–H groups in total. The molecule has 1 heterocycles. The molecule has 0 amide bonds. The lowest BCUT2D eigenvalue weighted by Crippen LogP contribution is -2.05. The van der Waals surface area contributed by atoms with Gasteiger partial charge in [0, 0.05) is 11.6 Å². The number of pyridine rings is 1. The summed E-state index contributed by atoms with van der Waals surface area (Å²) in [5.41, 5.74) is -0.370. The average molecular weight is 305 g/mol. The monoisotopic (exact) mass is 305 g/mol. The van der Waals surface area contributed by atoms with Gasteiger partial charge in [0.15, 0.2) is 5.75 Å². The minimum absolute atomic E-state index is 0.171. The molecule has 0 saturated carbocycles. The fraction of sp³-hybridized carbons (Fsp3) is 0. The Bertz CT molecular complexity index is 871. The highest BCUT2D eigenvalue weighted by Gasteiger charge is 2.25. The fourth-order valence-electron chi connectivity index (χ4n) is 1.58. The van der Waals surface area contributed by atoms with Crippen molar-refractivity contribution in [1.29, 1.82) is 0 Å². The van der Waals surface area contributed by atoms with Crippen molar-refractivity contribution in [2.75, 3.05) is 0 Å². The summed E-state index contributed by atoms with van der Waals surface area (Å²) in [5.74, 6) is -0.898. The number of hydrogen-bond donors (Lipinski definition) is 3. The van der Waals surface area contributed by atoms with E-state index in [2.05, 4.69) is 4.98 Å². The first-order valence-electron chi connectivity index (χ1n) is 4.68. The van der Waals surface area contributed by atoms with E-state index in [1.807, 2.05) is 0 Å². The predicted octanol–water partition coefficient (Wildman–Crippen LogP) is 0.434. The van der Waals surface area contributed by atoms with Gasteiger partial charge in [-0.15, -0.1) is 0 Å². The second-order valence-corrected chi connectivity index (χ2v) is 6.35. The van der Waals surface area contributed by atoms with E-state index in [4.69, 9.17) is 9.11 Å². The van der Waals surface area contributed by atoms with Gasteiger partial charge < -0.3 is 5.11 Å². The van der Waals surface area contributed by atoms with Gasteiger partial charge in [0.25, 0.3) is 20.2 Å². The summed E-state index contributed by atoms with van der Waals surface area (Å²) in [5, 5.41) is 9.53. The van der Waals surface area contributed by atoms with Crippen LogP contribution in [0, 0.1) is 0 Å². The van der Waals surface area contributed by atoms with Gasteiger partial charge in [-0.1, -0.05) is 0 Å². The maximum absolute atomic E-state index is 11.2. The lowest BCUT2D eigenvalue weighted by atomic mass is 10.2. The maximum atomic E-state index is 11.2. The second-order valence-electron chi connectivity index (χ2n) is 3.57. The fourth-order valence-corrected chi connectivity index (χ4v) is 2.98. The third-order valence-electron chi connectivity index (χ3n) is 2.35. The van der Waals surface area contributed by atoms with Crippen molar-refractivity contribution in [3.05, 3.63) is 24.4 Å². The number of benzene rings is 1. The zero-order valence-electron chi connectivity index (χ0n) is 9.05. The lowest BCUT2D eigenvalue weighted by Gasteiger charge is -2.08. The first-order valence-corrected chi connectivity index (χ1v) is 7.56. The number of hydrogen-bond acceptors (Lipinski definition) is 6. The molecule has 1 aromatic heterocycles. The van der Waals surface area contributed by atoms with Crippen molar-refractivity contribution in [1.82, 2.24) is 4.98 Å². The molecular formula is C9H7NO7S2. The van der Waals surface area contributed by atoms with Crippen LogP contribution in [0.3, 0.4) is 0 Å². The Morgan fingerprint density at radius 1 is 1.00 bits per heavy atom. The van der Waals surface area contributed by atoms with Crippen LogP contribution in [0.4, 0.5) is 0 Å². The maximum Gasteiger partial charge on any atom is 0.298 e. The summed E-state index contributed by atoms with van der Waals surface area (Å²) in [4.78, 5) is 1.80. The molecule has 0 aliphatic carbocycles. The van der Waals surface area contributed by atoms with Crippen LogP contribution in [0.2, 0.25) is 0 Å². The van der Waals surface area contributed by atoms with Crippen LogP contribution >= 0.6 is 0 Å². The summed E-state index contributed by atoms with van der Waals surface area (Å²) in [7, 11) is -9.63. The first kappa shape index (κ1) is 13.7. The van der Waals surface area contributed by atoms with Crippen LogP contribution < -0.4 is 0 Å². The van der Waals surface area contributed by atoms with Gasteiger partial charge in [-0.3, -0.25) is 14.1 Å². The summed E-state index contributed by atoms with van der Waals surface area (Å²) in [6.45, 7) is 0. The molecule has 0 radical (unpaired) electrons. The molecule has 1 aromatic carbocycles. The highest BCUT2D eigenvalue weighted by atomic mass is 32.2. The number of nitrogens with zero attached hydrogens (tertiary/aromatic N) is 1. The first-order chi connectivity index (χ1) is 8.62. The molecule has 0 aliphatic heterocycles. The molecule has 0 unspecified atom stereocenters. The van der Waals surface area contributed by atoms with Gasteiger partial charge >= 0.3 is 0 Å². The molecule has 0 aliphatic rings. The molecule has 8 nitrogen and oxygen atoms in total. The normalized spacial score (nSPS) is 12.7. The Morgan fingerprint density at radius 2 is 1.58 bits per heavy atom. The van der Waals surface area contributed by atoms with Gasteiger partial charge in [-0.05, 0) is 18.2 Å². The zero-order chi connectivity index (χ0) is 14.4. The quantitative estimate of drug-likeness (QED) is 0.678. The minimum atomic E-state index is -4.87. The van der Waals surface area contributed by atoms with Crippen LogP contribution in [0.25, 0.3) is 10.9 Å². The van der Waals surface area contributed by atoms with E-state index in [1.54, 1.807) is 0 Å². The summed E-state index contributed by atoms with van der Waals surface area (Å²) in [6.07, 6.45) is 1.18. The number of aromatic hydroxyl groups is 1. The highest BCUT2D eigenvalue weighted by molar-refractivity contribution is 7.86. The van der Waals surface area contributed by atoms with Crippen molar-refractivity contribution < 1.29 is 31.0 Å². The van der Waals surface area contributed by atoms with Crippen molar-refractivity contribution in [2.24, 2.45) is 0 Å². The standard InChI is InChI=1S/C9H7NO7S2/c11-9-7(19(15,16)17)4-6(18(12,13)14)5-2-1-3-10-8(5)9/h1-4,11H,(H,12,13,14)(H,15,16,17). The Balaban J connectivity index is 3.10. The molecule has 2 rings (SSSR count). The third-order valence-corrected chi connectivity index (χ3v) is 4.11. The number of rotatable bonds is 2. The van der Waals surface area contributed by atoms with Gasteiger partial charge in [0.1, 0.15) is 15.3 Å². The van der Waals surface area contributed by atoms with Crippen molar-refractivity contribution in [2.45, 2.75) is 9.79 Å². The zero-order valence-corrected chi connectivity index (χ0v) is 10.7. The molecule has 10 heteroatoms. The van der Waals surface area contributed by atoms with Crippen LogP contribution in [-0.4, -0.2) is 36.0 Å². The van der Waals surface area contributed by atoms with Gasteiger partial charge in [0.2, 0.25) is 0 Å². The topological polar surface area (TPSA) is 142 Å². The Morgan fingerprint density at radius 3 is 2.11 bits per heavy atom. The predicted molar refractivity (Wildman–Crippen MR) is 63.0 cm³/mol. The molecule has 19 heavy (non-hydrogen) atoms. The van der Waals surface area contributed by atoms with Crippen LogP contribution in [0.5, 0.6) is 5.75 Å². The highest BCUT2D eigenvalue weighted by Crippen LogP contribution is 2.34. The molecule has 0 bridgehead atoms. The van der Waals surface area contributed by atoms with Gasteiger partial charge in [-0.2, -0.15) is 16.8 Å². The van der Waals surface area contributed by atoms with Gasteiger partial charge in [-0.25, -0.2) is 0 Å². The summed E-state index contributed by atoms with van der Waals surface area (Å²) in [6, 6.07) is 3.02. The second kappa shape index (κ2) is 4.13. The van der Waals surface area contributed by atoms with Crippen LogP contribution in [0.15, 0.2) is 34.2 Å². The molecular weight excluding hydrogens is 298 g/mol. The number of phenols is 1. The minimum Gasteiger partial charge on any atom is -0.504 e. The smallest absolute Gasteiger partial charge is 0.298 e. The Labute approximate surface area is 107 Å². The number of phenolic OH excluding ortho intramolecular Hbond substituents is 1. The molecule has 0 atom stereocenters. The van der Waals surface area contributed by atoms with Crippen molar-refractivity contribution in [3.8, 4) is 5.75 Å². The number of fused-ring (bicyclic) bond motifs is 1. The molecule has 0 saturated heterocycles. The van der Waals surface area contributed by atoms with E-state index in [-0.39, 0.29) is 10.9 Å². The molecule has 2 aromatic rings. The molecule has 0 fully saturated rings. The molecule has 102 valence electrons. The number of aromatic nitrogens is 1. The van der Waals surface area contributed by atoms with E-state index >= 15 is 0 Å². The van der Waals surface area contributed by atoms with Crippen molar-refractivity contribution >= 4 is 31.1 Å². The van der Waals surface area contributed by atoms with E-state index in [1.165, 1.54) is 18.3 Å². The summed E-state index contributed by atoms with van der Waals surface area (Å²) >= 11 is 0.